The summed E-state index contributed by atoms with van der Waals surface area (Å²) in [6, 6.07) is 7.02. The van der Waals surface area contributed by atoms with E-state index in [0.29, 0.717) is 0 Å². The molecular weight excluding hydrogens is 183 g/mol. The van der Waals surface area contributed by atoms with Gasteiger partial charge in [-0.05, 0) is 24.3 Å². The molecule has 0 aliphatic rings. The van der Waals surface area contributed by atoms with Crippen LogP contribution in [0.2, 0.25) is 10.0 Å². The Hall–Kier alpha value is 1.06. The maximum Gasteiger partial charge on any atom is 2.00 e. The second-order valence-corrected chi connectivity index (χ2v) is 2.31. The van der Waals surface area contributed by atoms with Crippen molar-refractivity contribution in [3.8, 4) is 0 Å². The molecule has 0 nitrogen and oxygen atoms in total. The van der Waals surface area contributed by atoms with Crippen molar-refractivity contribution in [2.45, 2.75) is 0 Å². The molecule has 0 bridgehead atoms. The zero-order valence-electron chi connectivity index (χ0n) is 6.77. The molecule has 0 radical (unpaired) electrons. The van der Waals surface area contributed by atoms with E-state index in [4.69, 9.17) is 23.2 Å². The summed E-state index contributed by atoms with van der Waals surface area (Å²) in [4.78, 5) is 0. The van der Waals surface area contributed by atoms with E-state index in [1.54, 1.807) is 24.3 Å². The van der Waals surface area contributed by atoms with Crippen LogP contribution in [0.25, 0.3) is 0 Å². The van der Waals surface area contributed by atoms with Crippen molar-refractivity contribution in [1.82, 2.24) is 0 Å². The van der Waals surface area contributed by atoms with Crippen molar-refractivity contribution in [2.75, 3.05) is 0 Å². The molecule has 1 aromatic rings. The maximum absolute atomic E-state index is 5.55. The molecule has 0 heterocycles. The predicted molar refractivity (Wildman–Crippen MR) is 44.4 cm³/mol. The Labute approximate surface area is 97.1 Å². The topological polar surface area (TPSA) is 0 Å². The quantitative estimate of drug-likeness (QED) is 0.550. The average Bonchev–Trinajstić information content (AvgIpc) is 1.77. The standard InChI is InChI=1S/C6H4Cl2.Ca.2H/c7-5-1-2-6(8)4-3-5;;;/h1-4H;;;/q;+2;2*-1. The van der Waals surface area contributed by atoms with E-state index in [-0.39, 0.29) is 40.6 Å². The van der Waals surface area contributed by atoms with Gasteiger partial charge in [0, 0.05) is 10.0 Å². The number of rotatable bonds is 0. The molecule has 0 spiro atoms. The van der Waals surface area contributed by atoms with Crippen molar-refractivity contribution in [3.05, 3.63) is 34.3 Å². The van der Waals surface area contributed by atoms with E-state index in [1.807, 2.05) is 0 Å². The van der Waals surface area contributed by atoms with E-state index < -0.39 is 0 Å². The van der Waals surface area contributed by atoms with Gasteiger partial charge in [0.25, 0.3) is 0 Å². The molecule has 9 heavy (non-hydrogen) atoms. The molecule has 0 amide bonds. The summed E-state index contributed by atoms with van der Waals surface area (Å²) in [5.41, 5.74) is 0. The SMILES string of the molecule is Clc1ccc(Cl)cc1.[Ca+2].[H-].[H-]. The third-order valence-corrected chi connectivity index (χ3v) is 1.31. The summed E-state index contributed by atoms with van der Waals surface area (Å²) in [5, 5.41) is 1.43. The zero-order valence-corrected chi connectivity index (χ0v) is 8.49. The molecule has 0 saturated carbocycles. The van der Waals surface area contributed by atoms with E-state index in [1.165, 1.54) is 0 Å². The first-order valence-corrected chi connectivity index (χ1v) is 2.96. The average molecular weight is 189 g/mol. The zero-order chi connectivity index (χ0) is 5.98. The summed E-state index contributed by atoms with van der Waals surface area (Å²) in [5.74, 6) is 0. The molecule has 3 heteroatoms. The fourth-order valence-electron chi connectivity index (χ4n) is 0.430. The van der Waals surface area contributed by atoms with Crippen LogP contribution in [0.5, 0.6) is 0 Å². The van der Waals surface area contributed by atoms with Crippen LogP contribution in [0, 0.1) is 0 Å². The molecule has 0 aliphatic heterocycles. The molecule has 0 N–H and O–H groups in total. The predicted octanol–water partition coefficient (Wildman–Crippen LogP) is 2.84. The summed E-state index contributed by atoms with van der Waals surface area (Å²) in [6.45, 7) is 0. The summed E-state index contributed by atoms with van der Waals surface area (Å²) >= 11 is 11.1. The van der Waals surface area contributed by atoms with Crippen LogP contribution in [0.15, 0.2) is 24.3 Å². The van der Waals surface area contributed by atoms with Crippen LogP contribution in [-0.4, -0.2) is 37.7 Å². The van der Waals surface area contributed by atoms with Gasteiger partial charge in [-0.1, -0.05) is 23.2 Å². The van der Waals surface area contributed by atoms with Crippen LogP contribution in [-0.2, 0) is 0 Å². The van der Waals surface area contributed by atoms with Crippen LogP contribution >= 0.6 is 23.2 Å². The van der Waals surface area contributed by atoms with Crippen molar-refractivity contribution < 1.29 is 2.85 Å². The molecule has 46 valence electrons. The molecular formula is C6H6CaCl2. The fraction of sp³-hybridized carbons (Fsp3) is 0. The van der Waals surface area contributed by atoms with Crippen LogP contribution in [0.3, 0.4) is 0 Å². The number of benzene rings is 1. The largest absolute Gasteiger partial charge is 2.00 e. The minimum atomic E-state index is 0. The summed E-state index contributed by atoms with van der Waals surface area (Å²) in [6.07, 6.45) is 0. The Morgan fingerprint density at radius 3 is 1.33 bits per heavy atom. The van der Waals surface area contributed by atoms with Gasteiger partial charge in [-0.15, -0.1) is 0 Å². The van der Waals surface area contributed by atoms with Gasteiger partial charge in [0.15, 0.2) is 0 Å². The number of hydrogen-bond donors (Lipinski definition) is 0. The first kappa shape index (κ1) is 10.1. The first-order chi connectivity index (χ1) is 3.79. The monoisotopic (exact) mass is 188 g/mol. The molecule has 0 aliphatic carbocycles. The smallest absolute Gasteiger partial charge is 1.00 e. The summed E-state index contributed by atoms with van der Waals surface area (Å²) in [7, 11) is 0. The fourth-order valence-corrected chi connectivity index (χ4v) is 0.682. The second kappa shape index (κ2) is 4.81. The minimum Gasteiger partial charge on any atom is -1.00 e. The molecule has 0 fully saturated rings. The van der Waals surface area contributed by atoms with Crippen LogP contribution < -0.4 is 0 Å². The van der Waals surface area contributed by atoms with Crippen molar-refractivity contribution in [2.24, 2.45) is 0 Å². The third kappa shape index (κ3) is 3.69. The van der Waals surface area contributed by atoms with E-state index in [9.17, 15) is 0 Å². The van der Waals surface area contributed by atoms with E-state index in [0.717, 1.165) is 10.0 Å². The van der Waals surface area contributed by atoms with Crippen molar-refractivity contribution in [1.29, 1.82) is 0 Å². The van der Waals surface area contributed by atoms with Gasteiger partial charge in [0.05, 0.1) is 0 Å². The van der Waals surface area contributed by atoms with Gasteiger partial charge in [0.2, 0.25) is 0 Å². The van der Waals surface area contributed by atoms with Crippen molar-refractivity contribution >= 4 is 60.9 Å². The van der Waals surface area contributed by atoms with Gasteiger partial charge < -0.3 is 2.85 Å². The van der Waals surface area contributed by atoms with Gasteiger partial charge in [-0.2, -0.15) is 0 Å². The van der Waals surface area contributed by atoms with E-state index >= 15 is 0 Å². The molecule has 1 aromatic carbocycles. The van der Waals surface area contributed by atoms with Gasteiger partial charge >= 0.3 is 37.7 Å². The van der Waals surface area contributed by atoms with Gasteiger partial charge in [0.1, 0.15) is 0 Å². The Morgan fingerprint density at radius 1 is 0.889 bits per heavy atom. The number of halogens is 2. The molecule has 1 rings (SSSR count). The minimum absolute atomic E-state index is 0. The van der Waals surface area contributed by atoms with Crippen LogP contribution in [0.1, 0.15) is 2.85 Å². The maximum atomic E-state index is 5.55. The third-order valence-electron chi connectivity index (χ3n) is 0.804. The Kier molecular flexibility index (Phi) is 5.38. The van der Waals surface area contributed by atoms with Crippen LogP contribution in [0.4, 0.5) is 0 Å². The Morgan fingerprint density at radius 2 is 1.11 bits per heavy atom. The number of hydrogen-bond acceptors (Lipinski definition) is 0. The van der Waals surface area contributed by atoms with Gasteiger partial charge in [-0.25, -0.2) is 0 Å². The normalized spacial score (nSPS) is 8.22. The second-order valence-electron chi connectivity index (χ2n) is 1.44. The Balaban J connectivity index is -0.000000213. The van der Waals surface area contributed by atoms with E-state index in [2.05, 4.69) is 0 Å². The molecule has 0 atom stereocenters. The van der Waals surface area contributed by atoms with Gasteiger partial charge in [-0.3, -0.25) is 0 Å². The molecule has 0 unspecified atom stereocenters. The van der Waals surface area contributed by atoms with Crippen molar-refractivity contribution in [3.63, 3.8) is 0 Å². The molecule has 0 aromatic heterocycles. The molecule has 0 saturated heterocycles. The first-order valence-electron chi connectivity index (χ1n) is 2.20. The summed E-state index contributed by atoms with van der Waals surface area (Å²) < 4.78 is 0. The Bertz CT molecular complexity index is 157.